The normalized spacial score (nSPS) is 26.3. The molecule has 144 valence electrons. The van der Waals surface area contributed by atoms with Crippen LogP contribution in [0, 0.1) is 0 Å². The molecule has 5 rings (SSSR count). The molecule has 2 bridgehead atoms. The Labute approximate surface area is 163 Å². The lowest BCUT2D eigenvalue weighted by Crippen LogP contribution is -2.50. The SMILES string of the molecule is C[C@]12CCC(C[C@@H](Oc3cnc(-c4ccc(-n5ccnc5)cc4O)cn3)C1)N2. The first-order valence-corrected chi connectivity index (χ1v) is 9.66. The third kappa shape index (κ3) is 3.22. The van der Waals surface area contributed by atoms with Crippen LogP contribution in [0.5, 0.6) is 11.6 Å². The van der Waals surface area contributed by atoms with Gasteiger partial charge in [-0.05, 0) is 38.3 Å². The van der Waals surface area contributed by atoms with E-state index in [2.05, 4.69) is 27.2 Å². The molecule has 0 amide bonds. The lowest BCUT2D eigenvalue weighted by atomic mass is 9.91. The van der Waals surface area contributed by atoms with E-state index in [1.807, 2.05) is 22.9 Å². The molecular weight excluding hydrogens is 354 g/mol. The largest absolute Gasteiger partial charge is 0.507 e. The van der Waals surface area contributed by atoms with Crippen molar-refractivity contribution in [1.82, 2.24) is 24.8 Å². The van der Waals surface area contributed by atoms with E-state index in [9.17, 15) is 5.11 Å². The van der Waals surface area contributed by atoms with Crippen LogP contribution in [-0.2, 0) is 0 Å². The Hall–Kier alpha value is -2.93. The van der Waals surface area contributed by atoms with Gasteiger partial charge in [-0.1, -0.05) is 0 Å². The van der Waals surface area contributed by atoms with Crippen LogP contribution in [0.1, 0.15) is 32.6 Å². The molecule has 2 saturated heterocycles. The monoisotopic (exact) mass is 377 g/mol. The summed E-state index contributed by atoms with van der Waals surface area (Å²) in [6.45, 7) is 2.27. The molecule has 2 N–H and O–H groups in total. The standard InChI is InChI=1S/C21H23N5O2/c1-21-5-4-14(25-21)8-16(10-21)28-20-12-23-18(11-24-20)17-3-2-15(9-19(17)27)26-7-6-22-13-26/h2-3,6-7,9,11-14,16,25,27H,4-5,8,10H2,1H3/t14?,16-,21+/m1/s1. The minimum atomic E-state index is 0.150. The molecule has 3 aromatic rings. The minimum absolute atomic E-state index is 0.150. The number of rotatable bonds is 4. The molecule has 0 radical (unpaired) electrons. The van der Waals surface area contributed by atoms with Crippen LogP contribution in [-0.4, -0.2) is 42.3 Å². The number of ether oxygens (including phenoxy) is 1. The van der Waals surface area contributed by atoms with Crippen molar-refractivity contribution >= 4 is 0 Å². The fourth-order valence-electron chi connectivity index (χ4n) is 4.46. The van der Waals surface area contributed by atoms with E-state index in [-0.39, 0.29) is 17.4 Å². The summed E-state index contributed by atoms with van der Waals surface area (Å²) in [5, 5.41) is 14.1. The predicted molar refractivity (Wildman–Crippen MR) is 104 cm³/mol. The topological polar surface area (TPSA) is 85.1 Å². The number of hydrogen-bond acceptors (Lipinski definition) is 6. The Morgan fingerprint density at radius 3 is 2.93 bits per heavy atom. The van der Waals surface area contributed by atoms with Crippen LogP contribution in [0.3, 0.4) is 0 Å². The maximum atomic E-state index is 10.4. The third-order valence-electron chi connectivity index (χ3n) is 5.80. The second-order valence-electron chi connectivity index (χ2n) is 8.03. The van der Waals surface area contributed by atoms with Crippen LogP contribution in [0.25, 0.3) is 16.9 Å². The highest BCUT2D eigenvalue weighted by Crippen LogP contribution is 2.37. The Bertz CT molecular complexity index is 973. The number of aromatic hydroxyl groups is 1. The van der Waals surface area contributed by atoms with Crippen molar-refractivity contribution in [2.24, 2.45) is 0 Å². The van der Waals surface area contributed by atoms with Gasteiger partial charge < -0.3 is 19.7 Å². The van der Waals surface area contributed by atoms with Gasteiger partial charge in [0.25, 0.3) is 0 Å². The molecule has 2 aromatic heterocycles. The van der Waals surface area contributed by atoms with Crippen LogP contribution < -0.4 is 10.1 Å². The number of nitrogens with one attached hydrogen (secondary N) is 1. The zero-order chi connectivity index (χ0) is 19.1. The number of fused-ring (bicyclic) bond motifs is 2. The fourth-order valence-corrected chi connectivity index (χ4v) is 4.46. The van der Waals surface area contributed by atoms with E-state index in [1.165, 1.54) is 12.8 Å². The lowest BCUT2D eigenvalue weighted by molar-refractivity contribution is 0.103. The zero-order valence-electron chi connectivity index (χ0n) is 15.7. The smallest absolute Gasteiger partial charge is 0.232 e. The molecule has 4 heterocycles. The molecule has 7 nitrogen and oxygen atoms in total. The molecule has 0 saturated carbocycles. The molecular formula is C21H23N5O2. The van der Waals surface area contributed by atoms with Crippen molar-refractivity contribution < 1.29 is 9.84 Å². The summed E-state index contributed by atoms with van der Waals surface area (Å²) < 4.78 is 7.94. The molecule has 2 aliphatic rings. The number of piperidine rings is 1. The van der Waals surface area contributed by atoms with Gasteiger partial charge in [0.2, 0.25) is 5.88 Å². The predicted octanol–water partition coefficient (Wildman–Crippen LogP) is 3.09. The number of phenols is 1. The van der Waals surface area contributed by atoms with Gasteiger partial charge in [-0.25, -0.2) is 15.0 Å². The highest BCUT2D eigenvalue weighted by Gasteiger charge is 2.42. The van der Waals surface area contributed by atoms with Crippen molar-refractivity contribution in [3.05, 3.63) is 49.3 Å². The van der Waals surface area contributed by atoms with Gasteiger partial charge in [-0.15, -0.1) is 0 Å². The van der Waals surface area contributed by atoms with Gasteiger partial charge in [0.05, 0.1) is 30.1 Å². The summed E-state index contributed by atoms with van der Waals surface area (Å²) in [6, 6.07) is 5.98. The number of phenolic OH excluding ortho intramolecular Hbond substituents is 1. The lowest BCUT2D eigenvalue weighted by Gasteiger charge is -2.36. The first-order chi connectivity index (χ1) is 13.6. The van der Waals surface area contributed by atoms with E-state index in [0.29, 0.717) is 23.2 Å². The molecule has 7 heteroatoms. The van der Waals surface area contributed by atoms with Crippen molar-refractivity contribution in [3.63, 3.8) is 0 Å². The minimum Gasteiger partial charge on any atom is -0.507 e. The van der Waals surface area contributed by atoms with Gasteiger partial charge >= 0.3 is 0 Å². The maximum absolute atomic E-state index is 10.4. The highest BCUT2D eigenvalue weighted by atomic mass is 16.5. The van der Waals surface area contributed by atoms with Gasteiger partial charge in [0.15, 0.2) is 0 Å². The first-order valence-electron chi connectivity index (χ1n) is 9.66. The number of hydrogen-bond donors (Lipinski definition) is 2. The van der Waals surface area contributed by atoms with E-state index in [1.54, 1.807) is 31.0 Å². The van der Waals surface area contributed by atoms with E-state index < -0.39 is 0 Å². The van der Waals surface area contributed by atoms with Crippen molar-refractivity contribution in [1.29, 1.82) is 0 Å². The second kappa shape index (κ2) is 6.60. The quantitative estimate of drug-likeness (QED) is 0.727. The van der Waals surface area contributed by atoms with Gasteiger partial charge in [-0.2, -0.15) is 0 Å². The van der Waals surface area contributed by atoms with Gasteiger partial charge in [-0.3, -0.25) is 0 Å². The Kier molecular flexibility index (Phi) is 4.05. The third-order valence-corrected chi connectivity index (χ3v) is 5.80. The van der Waals surface area contributed by atoms with Crippen LogP contribution in [0.15, 0.2) is 49.3 Å². The summed E-state index contributed by atoms with van der Waals surface area (Å²) in [7, 11) is 0. The van der Waals surface area contributed by atoms with Crippen molar-refractivity contribution in [3.8, 4) is 28.6 Å². The fraction of sp³-hybridized carbons (Fsp3) is 0.381. The van der Waals surface area contributed by atoms with E-state index >= 15 is 0 Å². The summed E-state index contributed by atoms with van der Waals surface area (Å²) in [5.41, 5.74) is 2.26. The van der Waals surface area contributed by atoms with Crippen molar-refractivity contribution in [2.75, 3.05) is 0 Å². The summed E-state index contributed by atoms with van der Waals surface area (Å²) in [6.07, 6.45) is 13.1. The van der Waals surface area contributed by atoms with E-state index in [4.69, 9.17) is 4.74 Å². The Morgan fingerprint density at radius 2 is 2.21 bits per heavy atom. The number of benzene rings is 1. The average molecular weight is 377 g/mol. The molecule has 2 fully saturated rings. The van der Waals surface area contributed by atoms with Crippen molar-refractivity contribution in [2.45, 2.75) is 50.3 Å². The molecule has 0 spiro atoms. The van der Waals surface area contributed by atoms with E-state index in [0.717, 1.165) is 18.5 Å². The summed E-state index contributed by atoms with van der Waals surface area (Å²) in [4.78, 5) is 12.9. The summed E-state index contributed by atoms with van der Waals surface area (Å²) in [5.74, 6) is 0.685. The zero-order valence-corrected chi connectivity index (χ0v) is 15.7. The molecule has 0 aliphatic carbocycles. The number of nitrogens with zero attached hydrogens (tertiary/aromatic N) is 4. The first kappa shape index (κ1) is 17.2. The molecule has 2 aliphatic heterocycles. The summed E-state index contributed by atoms with van der Waals surface area (Å²) >= 11 is 0. The average Bonchev–Trinajstić information content (AvgIpc) is 3.30. The van der Waals surface area contributed by atoms with Crippen LogP contribution in [0.4, 0.5) is 0 Å². The molecule has 28 heavy (non-hydrogen) atoms. The number of imidazole rings is 1. The van der Waals surface area contributed by atoms with Gasteiger partial charge in [0, 0.05) is 42.0 Å². The molecule has 1 aromatic carbocycles. The molecule has 1 unspecified atom stereocenters. The van der Waals surface area contributed by atoms with Gasteiger partial charge in [0.1, 0.15) is 11.9 Å². The Morgan fingerprint density at radius 1 is 1.29 bits per heavy atom. The highest BCUT2D eigenvalue weighted by molar-refractivity contribution is 5.68. The Balaban J connectivity index is 1.31. The van der Waals surface area contributed by atoms with Crippen LogP contribution >= 0.6 is 0 Å². The maximum Gasteiger partial charge on any atom is 0.232 e. The second-order valence-corrected chi connectivity index (χ2v) is 8.03. The van der Waals surface area contributed by atoms with Crippen LogP contribution in [0.2, 0.25) is 0 Å². The molecule has 3 atom stereocenters. The number of aromatic nitrogens is 4.